The highest BCUT2D eigenvalue weighted by molar-refractivity contribution is 5.35. The number of alkyl halides is 3. The van der Waals surface area contributed by atoms with E-state index in [9.17, 15) is 13.2 Å². The van der Waals surface area contributed by atoms with Crippen LogP contribution in [0.2, 0.25) is 0 Å². The topological polar surface area (TPSA) is 3.24 Å². The lowest BCUT2D eigenvalue weighted by atomic mass is 9.97. The fourth-order valence-electron chi connectivity index (χ4n) is 3.35. The van der Waals surface area contributed by atoms with Crippen LogP contribution in [0.3, 0.4) is 0 Å². The summed E-state index contributed by atoms with van der Waals surface area (Å²) in [6.07, 6.45) is 1.26. The van der Waals surface area contributed by atoms with Crippen LogP contribution in [0.25, 0.3) is 0 Å². The highest BCUT2D eigenvalue weighted by Crippen LogP contribution is 2.74. The van der Waals surface area contributed by atoms with Crippen molar-refractivity contribution in [3.05, 3.63) is 35.9 Å². The Kier molecular flexibility index (Phi) is 2.49. The van der Waals surface area contributed by atoms with Gasteiger partial charge in [-0.3, -0.25) is 4.90 Å². The Morgan fingerprint density at radius 3 is 2.42 bits per heavy atom. The number of piperidine rings is 1. The lowest BCUT2D eigenvalue weighted by molar-refractivity contribution is -0.190. The predicted molar refractivity (Wildman–Crippen MR) is 66.1 cm³/mol. The minimum absolute atomic E-state index is 0.0234. The van der Waals surface area contributed by atoms with Gasteiger partial charge in [0.2, 0.25) is 0 Å². The summed E-state index contributed by atoms with van der Waals surface area (Å²) < 4.78 is 39.6. The molecular weight excluding hydrogens is 251 g/mol. The van der Waals surface area contributed by atoms with Gasteiger partial charge < -0.3 is 0 Å². The zero-order chi connectivity index (χ0) is 13.7. The predicted octanol–water partition coefficient (Wildman–Crippen LogP) is 3.07. The molecule has 0 bridgehead atoms. The number of terminal acetylenes is 1. The van der Waals surface area contributed by atoms with E-state index in [1.165, 1.54) is 0 Å². The zero-order valence-corrected chi connectivity index (χ0v) is 10.4. The maximum absolute atomic E-state index is 13.2. The number of nitrogens with zero attached hydrogens (tertiary/aromatic N) is 1. The van der Waals surface area contributed by atoms with Gasteiger partial charge in [-0.2, -0.15) is 13.2 Å². The molecule has 1 saturated heterocycles. The standard InChI is InChI=1S/C15H14F3N/c1-2-13-9-14(13,15(16,17)18)11-19(10-13)8-12-6-4-3-5-7-12/h1,3-7H,8-11H2/t13-,14-/m0/s1. The van der Waals surface area contributed by atoms with Gasteiger partial charge in [0.15, 0.2) is 0 Å². The average Bonchev–Trinajstić information content (AvgIpc) is 2.90. The second-order valence-electron chi connectivity index (χ2n) is 5.61. The van der Waals surface area contributed by atoms with Crippen LogP contribution in [0.1, 0.15) is 12.0 Å². The normalized spacial score (nSPS) is 33.8. The summed E-state index contributed by atoms with van der Waals surface area (Å²) in [6.45, 7) is 0.898. The van der Waals surface area contributed by atoms with E-state index in [0.29, 0.717) is 13.1 Å². The van der Waals surface area contributed by atoms with E-state index < -0.39 is 17.0 Å². The fourth-order valence-corrected chi connectivity index (χ4v) is 3.35. The molecule has 0 aromatic heterocycles. The van der Waals surface area contributed by atoms with Crippen LogP contribution in [0, 0.1) is 23.2 Å². The van der Waals surface area contributed by atoms with Crippen molar-refractivity contribution in [1.82, 2.24) is 4.90 Å². The molecule has 1 nitrogen and oxygen atoms in total. The largest absolute Gasteiger partial charge is 0.397 e. The van der Waals surface area contributed by atoms with Gasteiger partial charge in [-0.15, -0.1) is 6.42 Å². The summed E-state index contributed by atoms with van der Waals surface area (Å²) in [6, 6.07) is 9.52. The van der Waals surface area contributed by atoms with Crippen LogP contribution in [0.5, 0.6) is 0 Å². The van der Waals surface area contributed by atoms with Crippen LogP contribution < -0.4 is 0 Å². The quantitative estimate of drug-likeness (QED) is 0.743. The highest BCUT2D eigenvalue weighted by atomic mass is 19.4. The molecule has 100 valence electrons. The van der Waals surface area contributed by atoms with Gasteiger partial charge in [0.25, 0.3) is 0 Å². The molecule has 1 aliphatic carbocycles. The van der Waals surface area contributed by atoms with E-state index >= 15 is 0 Å². The Bertz CT molecular complexity index is 531. The Balaban J connectivity index is 1.79. The second-order valence-corrected chi connectivity index (χ2v) is 5.61. The summed E-state index contributed by atoms with van der Waals surface area (Å²) in [5, 5.41) is 0. The van der Waals surface area contributed by atoms with Crippen molar-refractivity contribution in [2.24, 2.45) is 10.8 Å². The van der Waals surface area contributed by atoms with E-state index in [1.54, 1.807) is 0 Å². The van der Waals surface area contributed by atoms with E-state index in [1.807, 2.05) is 35.2 Å². The number of rotatable bonds is 2. The summed E-state index contributed by atoms with van der Waals surface area (Å²) in [4.78, 5) is 1.83. The van der Waals surface area contributed by atoms with Crippen LogP contribution in [-0.2, 0) is 6.54 Å². The van der Waals surface area contributed by atoms with Crippen molar-refractivity contribution in [3.63, 3.8) is 0 Å². The maximum Gasteiger partial charge on any atom is 0.397 e. The SMILES string of the molecule is C#C[C@]12CN(Cc3ccccc3)C[C@@]1(C(F)(F)F)C2. The van der Waals surface area contributed by atoms with Crippen LogP contribution in [0.15, 0.2) is 30.3 Å². The first-order chi connectivity index (χ1) is 8.92. The van der Waals surface area contributed by atoms with Gasteiger partial charge in [0.1, 0.15) is 0 Å². The molecule has 1 heterocycles. The molecule has 3 rings (SSSR count). The third kappa shape index (κ3) is 1.68. The molecule has 1 aliphatic heterocycles. The Hall–Kier alpha value is -1.47. The number of fused-ring (bicyclic) bond motifs is 1. The van der Waals surface area contributed by atoms with Gasteiger partial charge >= 0.3 is 6.18 Å². The minimum atomic E-state index is -4.20. The Morgan fingerprint density at radius 2 is 1.89 bits per heavy atom. The molecule has 0 unspecified atom stereocenters. The van der Waals surface area contributed by atoms with Crippen molar-refractivity contribution in [2.45, 2.75) is 19.1 Å². The molecule has 4 heteroatoms. The lowest BCUT2D eigenvalue weighted by Crippen LogP contribution is -2.33. The first kappa shape index (κ1) is 12.6. The molecule has 0 amide bonds. The number of hydrogen-bond donors (Lipinski definition) is 0. The Morgan fingerprint density at radius 1 is 1.21 bits per heavy atom. The third-order valence-corrected chi connectivity index (χ3v) is 4.45. The first-order valence-electron chi connectivity index (χ1n) is 6.23. The average molecular weight is 265 g/mol. The molecule has 0 radical (unpaired) electrons. The summed E-state index contributed by atoms with van der Waals surface area (Å²) >= 11 is 0. The maximum atomic E-state index is 13.2. The lowest BCUT2D eigenvalue weighted by Gasteiger charge is -2.22. The fraction of sp³-hybridized carbons (Fsp3) is 0.467. The molecule has 1 aromatic carbocycles. The molecule has 1 aromatic rings. The third-order valence-electron chi connectivity index (χ3n) is 4.45. The monoisotopic (exact) mass is 265 g/mol. The van der Waals surface area contributed by atoms with E-state index in [2.05, 4.69) is 5.92 Å². The molecule has 2 atom stereocenters. The molecule has 2 aliphatic rings. The summed E-state index contributed by atoms with van der Waals surface area (Å²) in [5.74, 6) is 2.42. The first-order valence-corrected chi connectivity index (χ1v) is 6.23. The number of hydrogen-bond acceptors (Lipinski definition) is 1. The molecule has 19 heavy (non-hydrogen) atoms. The van der Waals surface area contributed by atoms with Gasteiger partial charge in [-0.1, -0.05) is 36.3 Å². The van der Waals surface area contributed by atoms with Crippen molar-refractivity contribution in [2.75, 3.05) is 13.1 Å². The van der Waals surface area contributed by atoms with E-state index in [0.717, 1.165) is 5.56 Å². The number of likely N-dealkylation sites (tertiary alicyclic amines) is 1. The van der Waals surface area contributed by atoms with Crippen molar-refractivity contribution in [3.8, 4) is 12.3 Å². The zero-order valence-electron chi connectivity index (χ0n) is 10.4. The van der Waals surface area contributed by atoms with Crippen LogP contribution >= 0.6 is 0 Å². The van der Waals surface area contributed by atoms with Gasteiger partial charge in [-0.25, -0.2) is 0 Å². The van der Waals surface area contributed by atoms with Crippen LogP contribution in [0.4, 0.5) is 13.2 Å². The van der Waals surface area contributed by atoms with Gasteiger partial charge in [0, 0.05) is 19.6 Å². The van der Waals surface area contributed by atoms with Gasteiger partial charge in [0.05, 0.1) is 10.8 Å². The van der Waals surface area contributed by atoms with Crippen molar-refractivity contribution in [1.29, 1.82) is 0 Å². The van der Waals surface area contributed by atoms with Gasteiger partial charge in [-0.05, 0) is 12.0 Å². The molecule has 0 N–H and O–H groups in total. The van der Waals surface area contributed by atoms with Crippen molar-refractivity contribution < 1.29 is 13.2 Å². The molecule has 1 saturated carbocycles. The molecule has 2 fully saturated rings. The summed E-state index contributed by atoms with van der Waals surface area (Å²) in [5.41, 5.74) is -1.63. The molecule has 0 spiro atoms. The number of benzene rings is 1. The smallest absolute Gasteiger partial charge is 0.297 e. The summed E-state index contributed by atoms with van der Waals surface area (Å²) in [7, 11) is 0. The van der Waals surface area contributed by atoms with Crippen molar-refractivity contribution >= 4 is 0 Å². The minimum Gasteiger partial charge on any atom is -0.297 e. The highest BCUT2D eigenvalue weighted by Gasteiger charge is 2.82. The van der Waals surface area contributed by atoms with Crippen LogP contribution in [-0.4, -0.2) is 24.2 Å². The van der Waals surface area contributed by atoms with E-state index in [-0.39, 0.29) is 13.0 Å². The molecular formula is C15H14F3N. The van der Waals surface area contributed by atoms with E-state index in [4.69, 9.17) is 6.42 Å². The Labute approximate surface area is 110 Å². The number of halogens is 3. The second kappa shape index (κ2) is 3.77.